The fourth-order valence-corrected chi connectivity index (χ4v) is 5.90. The van der Waals surface area contributed by atoms with E-state index < -0.39 is 15.7 Å². The highest BCUT2D eigenvalue weighted by Crippen LogP contribution is 2.20. The minimum atomic E-state index is -3.78. The van der Waals surface area contributed by atoms with Crippen LogP contribution >= 0.6 is 0 Å². The highest BCUT2D eigenvalue weighted by Gasteiger charge is 2.26. The van der Waals surface area contributed by atoms with Gasteiger partial charge in [-0.3, -0.25) is 9.69 Å². The summed E-state index contributed by atoms with van der Waals surface area (Å²) in [6.07, 6.45) is 1.49. The first-order valence-corrected chi connectivity index (χ1v) is 14.2. The first kappa shape index (κ1) is 27.9. The van der Waals surface area contributed by atoms with E-state index in [4.69, 9.17) is 9.47 Å². The van der Waals surface area contributed by atoms with E-state index >= 15 is 0 Å². The molecule has 1 aliphatic heterocycles. The number of carbonyl (C=O) groups is 1. The van der Waals surface area contributed by atoms with Gasteiger partial charge < -0.3 is 18.9 Å². The van der Waals surface area contributed by atoms with Gasteiger partial charge in [0.25, 0.3) is 5.91 Å². The molecule has 1 saturated heterocycles. The number of aromatic nitrogens is 2. The van der Waals surface area contributed by atoms with Crippen LogP contribution in [0, 0.1) is 5.82 Å². The summed E-state index contributed by atoms with van der Waals surface area (Å²) < 4.78 is 52.9. The fraction of sp³-hybridized carbons (Fsp3) is 0.407. The number of hydrogen-bond donors (Lipinski definition) is 0. The van der Waals surface area contributed by atoms with Crippen molar-refractivity contribution >= 4 is 15.7 Å². The Bertz CT molecular complexity index is 1310. The molecule has 3 aromatic rings. The molecule has 0 N–H and O–H groups in total. The van der Waals surface area contributed by atoms with E-state index in [9.17, 15) is 17.6 Å². The van der Waals surface area contributed by atoms with Crippen LogP contribution in [-0.4, -0.2) is 86.8 Å². The lowest BCUT2D eigenvalue weighted by molar-refractivity contribution is 0.0318. The Morgan fingerprint density at radius 3 is 2.58 bits per heavy atom. The smallest absolute Gasteiger partial charge is 0.254 e. The molecule has 2 heterocycles. The van der Waals surface area contributed by atoms with Gasteiger partial charge in [0.05, 0.1) is 44.0 Å². The van der Waals surface area contributed by atoms with E-state index in [-0.39, 0.29) is 42.1 Å². The molecule has 2 aromatic carbocycles. The number of imidazole rings is 1. The van der Waals surface area contributed by atoms with Crippen molar-refractivity contribution in [3.8, 4) is 0 Å². The van der Waals surface area contributed by atoms with Crippen molar-refractivity contribution in [1.29, 1.82) is 0 Å². The average molecular weight is 545 g/mol. The molecular weight excluding hydrogens is 511 g/mol. The predicted octanol–water partition coefficient (Wildman–Crippen LogP) is 2.62. The highest BCUT2D eigenvalue weighted by molar-refractivity contribution is 7.90. The predicted molar refractivity (Wildman–Crippen MR) is 140 cm³/mol. The number of benzene rings is 2. The van der Waals surface area contributed by atoms with Crippen molar-refractivity contribution in [3.05, 3.63) is 83.4 Å². The fourth-order valence-electron chi connectivity index (χ4n) is 4.39. The van der Waals surface area contributed by atoms with E-state index in [0.717, 1.165) is 13.1 Å². The SMILES string of the molecule is COCCn1c(CN(CCN2CCOCC2)C(=O)c2cccc(F)c2)cnc1S(=O)(=O)Cc1ccccc1. The molecule has 38 heavy (non-hydrogen) atoms. The van der Waals surface area contributed by atoms with Crippen LogP contribution < -0.4 is 0 Å². The van der Waals surface area contributed by atoms with Gasteiger partial charge in [0, 0.05) is 45.4 Å². The standard InChI is InChI=1S/C27H33FN4O5S/c1-36-15-14-32-25(19-29-27(32)38(34,35)21-22-6-3-2-4-7-22)20-31(11-10-30-12-16-37-17-13-30)26(33)23-8-5-9-24(28)18-23/h2-9,18-19H,10-17,20-21H2,1H3. The van der Waals surface area contributed by atoms with Gasteiger partial charge in [-0.05, 0) is 23.8 Å². The van der Waals surface area contributed by atoms with Crippen LogP contribution in [0.25, 0.3) is 0 Å². The Labute approximate surface area is 222 Å². The third kappa shape index (κ3) is 7.25. The summed E-state index contributed by atoms with van der Waals surface area (Å²) in [5.74, 6) is -1.03. The number of rotatable bonds is 12. The second kappa shape index (κ2) is 13.1. The number of amides is 1. The zero-order valence-corrected chi connectivity index (χ0v) is 22.3. The number of morpholine rings is 1. The molecule has 11 heteroatoms. The molecule has 0 atom stereocenters. The molecule has 1 aliphatic rings. The molecule has 204 valence electrons. The maximum atomic E-state index is 13.9. The maximum Gasteiger partial charge on any atom is 0.254 e. The molecule has 0 radical (unpaired) electrons. The summed E-state index contributed by atoms with van der Waals surface area (Å²) in [5.41, 5.74) is 1.44. The van der Waals surface area contributed by atoms with Crippen LogP contribution in [0.1, 0.15) is 21.6 Å². The van der Waals surface area contributed by atoms with Gasteiger partial charge in [0.1, 0.15) is 5.82 Å². The minimum absolute atomic E-state index is 0.0697. The van der Waals surface area contributed by atoms with Crippen molar-refractivity contribution in [2.24, 2.45) is 0 Å². The van der Waals surface area contributed by atoms with Crippen LogP contribution in [0.2, 0.25) is 0 Å². The van der Waals surface area contributed by atoms with E-state index in [1.165, 1.54) is 31.5 Å². The van der Waals surface area contributed by atoms with Crippen LogP contribution in [0.5, 0.6) is 0 Å². The number of halogens is 1. The van der Waals surface area contributed by atoms with Crippen LogP contribution in [0.4, 0.5) is 4.39 Å². The van der Waals surface area contributed by atoms with E-state index in [1.54, 1.807) is 39.8 Å². The number of methoxy groups -OCH3 is 1. The summed E-state index contributed by atoms with van der Waals surface area (Å²) in [5, 5.41) is -0.0697. The highest BCUT2D eigenvalue weighted by atomic mass is 32.2. The van der Waals surface area contributed by atoms with Crippen molar-refractivity contribution in [1.82, 2.24) is 19.4 Å². The number of sulfone groups is 1. The lowest BCUT2D eigenvalue weighted by atomic mass is 10.2. The van der Waals surface area contributed by atoms with Gasteiger partial charge in [-0.25, -0.2) is 17.8 Å². The Morgan fingerprint density at radius 1 is 1.11 bits per heavy atom. The quantitative estimate of drug-likeness (QED) is 0.346. The Hall–Kier alpha value is -3.12. The molecule has 0 bridgehead atoms. The summed E-state index contributed by atoms with van der Waals surface area (Å²) in [6, 6.07) is 14.5. The molecular formula is C27H33FN4O5S. The molecule has 1 amide bonds. The normalized spacial score (nSPS) is 14.5. The third-order valence-corrected chi connectivity index (χ3v) is 8.00. The molecule has 9 nitrogen and oxygen atoms in total. The van der Waals surface area contributed by atoms with E-state index in [2.05, 4.69) is 9.88 Å². The monoisotopic (exact) mass is 544 g/mol. The lowest BCUT2D eigenvalue weighted by Crippen LogP contribution is -2.43. The first-order valence-electron chi connectivity index (χ1n) is 12.5. The molecule has 0 saturated carbocycles. The van der Waals surface area contributed by atoms with Crippen molar-refractivity contribution in [2.75, 3.05) is 53.1 Å². The second-order valence-corrected chi connectivity index (χ2v) is 11.0. The van der Waals surface area contributed by atoms with E-state index in [0.29, 0.717) is 37.6 Å². The van der Waals surface area contributed by atoms with Crippen molar-refractivity contribution < 1.29 is 27.1 Å². The summed E-state index contributed by atoms with van der Waals surface area (Å²) in [6.45, 7) is 4.38. The Balaban J connectivity index is 1.62. The lowest BCUT2D eigenvalue weighted by Gasteiger charge is -2.30. The zero-order chi connectivity index (χ0) is 27.0. The summed E-state index contributed by atoms with van der Waals surface area (Å²) >= 11 is 0. The second-order valence-electron chi connectivity index (χ2n) is 9.11. The Kier molecular flexibility index (Phi) is 9.62. The summed E-state index contributed by atoms with van der Waals surface area (Å²) in [4.78, 5) is 21.6. The molecule has 4 rings (SSSR count). The first-order chi connectivity index (χ1) is 18.4. The van der Waals surface area contributed by atoms with Gasteiger partial charge in [-0.2, -0.15) is 0 Å². The van der Waals surface area contributed by atoms with Crippen LogP contribution in [-0.2, 0) is 38.2 Å². The van der Waals surface area contributed by atoms with Crippen LogP contribution in [0.3, 0.4) is 0 Å². The molecule has 0 unspecified atom stereocenters. The van der Waals surface area contributed by atoms with Crippen molar-refractivity contribution in [2.45, 2.75) is 24.0 Å². The van der Waals surface area contributed by atoms with Gasteiger partial charge in [0.15, 0.2) is 0 Å². The minimum Gasteiger partial charge on any atom is -0.383 e. The van der Waals surface area contributed by atoms with Crippen molar-refractivity contribution in [3.63, 3.8) is 0 Å². The average Bonchev–Trinajstić information content (AvgIpc) is 3.33. The van der Waals surface area contributed by atoms with Gasteiger partial charge in [-0.1, -0.05) is 36.4 Å². The van der Waals surface area contributed by atoms with E-state index in [1.807, 2.05) is 6.07 Å². The van der Waals surface area contributed by atoms with Crippen LogP contribution in [0.15, 0.2) is 66.0 Å². The number of carbonyl (C=O) groups excluding carboxylic acids is 1. The number of ether oxygens (including phenoxy) is 2. The number of hydrogen-bond acceptors (Lipinski definition) is 7. The molecule has 0 aliphatic carbocycles. The number of nitrogens with zero attached hydrogens (tertiary/aromatic N) is 4. The third-order valence-electron chi connectivity index (χ3n) is 6.40. The van der Waals surface area contributed by atoms with Gasteiger partial charge in [0.2, 0.25) is 15.0 Å². The molecule has 1 fully saturated rings. The van der Waals surface area contributed by atoms with Gasteiger partial charge >= 0.3 is 0 Å². The maximum absolute atomic E-state index is 13.9. The van der Waals surface area contributed by atoms with Gasteiger partial charge in [-0.15, -0.1) is 0 Å². The Morgan fingerprint density at radius 2 is 1.87 bits per heavy atom. The topological polar surface area (TPSA) is 94.0 Å². The molecule has 1 aromatic heterocycles. The summed E-state index contributed by atoms with van der Waals surface area (Å²) in [7, 11) is -2.24. The molecule has 0 spiro atoms. The largest absolute Gasteiger partial charge is 0.383 e. The zero-order valence-electron chi connectivity index (χ0n) is 21.5.